The van der Waals surface area contributed by atoms with Crippen molar-refractivity contribution < 1.29 is 9.90 Å². The van der Waals surface area contributed by atoms with Crippen LogP contribution in [-0.2, 0) is 0 Å². The first-order valence-electron chi connectivity index (χ1n) is 5.18. The second-order valence-electron chi connectivity index (χ2n) is 3.86. The van der Waals surface area contributed by atoms with Gasteiger partial charge in [0, 0.05) is 12.2 Å². The van der Waals surface area contributed by atoms with Crippen LogP contribution in [0.4, 0.5) is 0 Å². The zero-order valence-corrected chi connectivity index (χ0v) is 9.83. The van der Waals surface area contributed by atoms with Crippen LogP contribution in [0.2, 0.25) is 0 Å². The van der Waals surface area contributed by atoms with Gasteiger partial charge in [-0.2, -0.15) is 0 Å². The Morgan fingerprint density at radius 2 is 2.38 bits per heavy atom. The fraction of sp³-hybridized carbons (Fsp3) is 0.455. The monoisotopic (exact) mass is 238 g/mol. The predicted octanol–water partition coefficient (Wildman–Crippen LogP) is 1.06. The first kappa shape index (κ1) is 11.4. The van der Waals surface area contributed by atoms with Crippen LogP contribution >= 0.6 is 11.8 Å². The van der Waals surface area contributed by atoms with Crippen LogP contribution in [0, 0.1) is 0 Å². The fourth-order valence-corrected chi connectivity index (χ4v) is 2.24. The zero-order chi connectivity index (χ0) is 11.5. The Labute approximate surface area is 98.5 Å². The minimum atomic E-state index is -0.251. The summed E-state index contributed by atoms with van der Waals surface area (Å²) >= 11 is 1.46. The number of carbonyl (C=O) groups excluding carboxylic acids is 1. The Hall–Kier alpha value is -1.07. The number of rotatable bonds is 3. The minimum absolute atomic E-state index is 0.102. The normalized spacial score (nSPS) is 23.6. The summed E-state index contributed by atoms with van der Waals surface area (Å²) in [6, 6.07) is 3.63. The molecule has 0 atom stereocenters. The summed E-state index contributed by atoms with van der Waals surface area (Å²) in [6.07, 6.45) is 4.63. The molecule has 1 fully saturated rings. The Balaban J connectivity index is 2.03. The molecule has 4 nitrogen and oxygen atoms in total. The van der Waals surface area contributed by atoms with Crippen molar-refractivity contribution in [2.45, 2.75) is 30.0 Å². The lowest BCUT2D eigenvalue weighted by atomic mass is 9.89. The molecule has 0 saturated heterocycles. The number of amides is 1. The molecule has 16 heavy (non-hydrogen) atoms. The quantitative estimate of drug-likeness (QED) is 0.773. The van der Waals surface area contributed by atoms with E-state index in [1.165, 1.54) is 11.8 Å². The van der Waals surface area contributed by atoms with E-state index in [1.807, 2.05) is 6.26 Å². The smallest absolute Gasteiger partial charge is 0.254 e. The highest BCUT2D eigenvalue weighted by molar-refractivity contribution is 7.98. The van der Waals surface area contributed by atoms with Crippen molar-refractivity contribution in [1.82, 2.24) is 10.3 Å². The van der Waals surface area contributed by atoms with Crippen molar-refractivity contribution in [3.8, 4) is 0 Å². The second-order valence-corrected chi connectivity index (χ2v) is 4.65. The maximum absolute atomic E-state index is 11.9. The van der Waals surface area contributed by atoms with Crippen LogP contribution in [-0.4, -0.2) is 34.4 Å². The summed E-state index contributed by atoms with van der Waals surface area (Å²) in [5, 5.41) is 12.8. The molecular weight excluding hydrogens is 224 g/mol. The van der Waals surface area contributed by atoms with Crippen LogP contribution < -0.4 is 5.32 Å². The average molecular weight is 238 g/mol. The predicted molar refractivity (Wildman–Crippen MR) is 62.5 cm³/mol. The van der Waals surface area contributed by atoms with Crippen LogP contribution in [0.5, 0.6) is 0 Å². The van der Waals surface area contributed by atoms with Gasteiger partial charge in [-0.15, -0.1) is 11.8 Å². The number of pyridine rings is 1. The Morgan fingerprint density at radius 3 is 3.00 bits per heavy atom. The molecule has 86 valence electrons. The van der Waals surface area contributed by atoms with Gasteiger partial charge in [-0.05, 0) is 31.2 Å². The SMILES string of the molecule is CSc1ncccc1C(=O)NC1CC(O)C1. The first-order valence-corrected chi connectivity index (χ1v) is 6.41. The van der Waals surface area contributed by atoms with Gasteiger partial charge >= 0.3 is 0 Å². The maximum Gasteiger partial charge on any atom is 0.254 e. The number of nitrogens with zero attached hydrogens (tertiary/aromatic N) is 1. The molecular formula is C11H14N2O2S. The van der Waals surface area contributed by atoms with Gasteiger partial charge in [0.15, 0.2) is 0 Å². The number of carbonyl (C=O) groups is 1. The van der Waals surface area contributed by atoms with Gasteiger partial charge in [0.2, 0.25) is 0 Å². The molecule has 0 radical (unpaired) electrons. The van der Waals surface area contributed by atoms with E-state index < -0.39 is 0 Å². The number of hydrogen-bond donors (Lipinski definition) is 2. The summed E-state index contributed by atoms with van der Waals surface area (Å²) in [4.78, 5) is 16.0. The number of thioether (sulfide) groups is 1. The maximum atomic E-state index is 11.9. The zero-order valence-electron chi connectivity index (χ0n) is 9.01. The number of aliphatic hydroxyl groups excluding tert-OH is 1. The van der Waals surface area contributed by atoms with Crippen molar-refractivity contribution in [3.05, 3.63) is 23.9 Å². The van der Waals surface area contributed by atoms with Crippen molar-refractivity contribution in [2.24, 2.45) is 0 Å². The molecule has 1 aromatic rings. The lowest BCUT2D eigenvalue weighted by Crippen LogP contribution is -2.46. The summed E-state index contributed by atoms with van der Waals surface area (Å²) in [5.41, 5.74) is 0.608. The van der Waals surface area contributed by atoms with Crippen molar-refractivity contribution in [3.63, 3.8) is 0 Å². The van der Waals surface area contributed by atoms with Crippen LogP contribution in [0.25, 0.3) is 0 Å². The Bertz CT molecular complexity index is 391. The van der Waals surface area contributed by atoms with Crippen LogP contribution in [0.15, 0.2) is 23.4 Å². The number of aliphatic hydroxyl groups is 1. The summed E-state index contributed by atoms with van der Waals surface area (Å²) in [6.45, 7) is 0. The molecule has 1 amide bonds. The third-order valence-corrected chi connectivity index (χ3v) is 3.37. The molecule has 2 N–H and O–H groups in total. The topological polar surface area (TPSA) is 62.2 Å². The van der Waals surface area contributed by atoms with Gasteiger partial charge in [0.1, 0.15) is 5.03 Å². The number of nitrogens with one attached hydrogen (secondary N) is 1. The lowest BCUT2D eigenvalue weighted by Gasteiger charge is -2.32. The first-order chi connectivity index (χ1) is 7.70. The molecule has 5 heteroatoms. The lowest BCUT2D eigenvalue weighted by molar-refractivity contribution is 0.0561. The highest BCUT2D eigenvalue weighted by Crippen LogP contribution is 2.21. The van der Waals surface area contributed by atoms with E-state index in [0.717, 1.165) is 5.03 Å². The molecule has 0 aromatic carbocycles. The molecule has 1 aromatic heterocycles. The van der Waals surface area contributed by atoms with E-state index in [4.69, 9.17) is 5.11 Å². The third-order valence-electron chi connectivity index (χ3n) is 2.66. The Morgan fingerprint density at radius 1 is 1.62 bits per heavy atom. The van der Waals surface area contributed by atoms with Crippen molar-refractivity contribution in [2.75, 3.05) is 6.26 Å². The molecule has 0 spiro atoms. The van der Waals surface area contributed by atoms with Gasteiger partial charge in [-0.3, -0.25) is 4.79 Å². The number of hydrogen-bond acceptors (Lipinski definition) is 4. The van der Waals surface area contributed by atoms with Gasteiger partial charge in [0.05, 0.1) is 11.7 Å². The highest BCUT2D eigenvalue weighted by Gasteiger charge is 2.29. The Kier molecular flexibility index (Phi) is 3.46. The van der Waals surface area contributed by atoms with Gasteiger partial charge in [-0.1, -0.05) is 0 Å². The largest absolute Gasteiger partial charge is 0.393 e. The molecule has 1 heterocycles. The van der Waals surface area contributed by atoms with E-state index in [0.29, 0.717) is 18.4 Å². The summed E-state index contributed by atoms with van der Waals surface area (Å²) in [5.74, 6) is -0.102. The fourth-order valence-electron chi connectivity index (χ4n) is 1.70. The molecule has 1 saturated carbocycles. The molecule has 2 rings (SSSR count). The minimum Gasteiger partial charge on any atom is -0.393 e. The second kappa shape index (κ2) is 4.84. The van der Waals surface area contributed by atoms with Crippen molar-refractivity contribution >= 4 is 17.7 Å². The highest BCUT2D eigenvalue weighted by atomic mass is 32.2. The molecule has 0 unspecified atom stereocenters. The number of aromatic nitrogens is 1. The van der Waals surface area contributed by atoms with Gasteiger partial charge in [0.25, 0.3) is 5.91 Å². The van der Waals surface area contributed by atoms with Crippen LogP contribution in [0.3, 0.4) is 0 Å². The van der Waals surface area contributed by atoms with E-state index in [9.17, 15) is 4.79 Å². The van der Waals surface area contributed by atoms with E-state index in [2.05, 4.69) is 10.3 Å². The average Bonchev–Trinajstić information content (AvgIpc) is 2.27. The van der Waals surface area contributed by atoms with Gasteiger partial charge in [-0.25, -0.2) is 4.98 Å². The van der Waals surface area contributed by atoms with E-state index in [-0.39, 0.29) is 18.1 Å². The van der Waals surface area contributed by atoms with E-state index in [1.54, 1.807) is 18.3 Å². The summed E-state index contributed by atoms with van der Waals surface area (Å²) in [7, 11) is 0. The summed E-state index contributed by atoms with van der Waals surface area (Å²) < 4.78 is 0. The van der Waals surface area contributed by atoms with Crippen molar-refractivity contribution in [1.29, 1.82) is 0 Å². The van der Waals surface area contributed by atoms with Crippen LogP contribution in [0.1, 0.15) is 23.2 Å². The molecule has 0 bridgehead atoms. The standard InChI is InChI=1S/C11H14N2O2S/c1-16-11-9(3-2-4-12-11)10(15)13-7-5-8(14)6-7/h2-4,7-8,14H,5-6H2,1H3,(H,13,15). The molecule has 1 aliphatic rings. The van der Waals surface area contributed by atoms with E-state index >= 15 is 0 Å². The molecule has 1 aliphatic carbocycles. The molecule has 0 aliphatic heterocycles. The third kappa shape index (κ3) is 2.36. The van der Waals surface area contributed by atoms with Gasteiger partial charge < -0.3 is 10.4 Å².